The Balaban J connectivity index is 1.52. The predicted molar refractivity (Wildman–Crippen MR) is 97.9 cm³/mol. The van der Waals surface area contributed by atoms with Gasteiger partial charge in [-0.25, -0.2) is 4.79 Å². The number of ether oxygens (including phenoxy) is 1. The van der Waals surface area contributed by atoms with Crippen LogP contribution in [0.4, 0.5) is 19.0 Å². The summed E-state index contributed by atoms with van der Waals surface area (Å²) in [6, 6.07) is 5.77. The number of hydrogen-bond donors (Lipinski definition) is 3. The molecule has 4 rings (SSSR count). The van der Waals surface area contributed by atoms with Crippen molar-refractivity contribution in [1.29, 1.82) is 0 Å². The van der Waals surface area contributed by atoms with Crippen molar-refractivity contribution in [2.45, 2.75) is 31.5 Å². The van der Waals surface area contributed by atoms with E-state index < -0.39 is 24.3 Å². The van der Waals surface area contributed by atoms with Crippen LogP contribution in [-0.2, 0) is 11.3 Å². The number of fused-ring (bicyclic) bond motifs is 1. The van der Waals surface area contributed by atoms with E-state index in [1.54, 1.807) is 6.07 Å². The van der Waals surface area contributed by atoms with Crippen molar-refractivity contribution in [1.82, 2.24) is 19.7 Å². The second-order valence-electron chi connectivity index (χ2n) is 6.91. The molecule has 0 aliphatic carbocycles. The molecule has 0 atom stereocenters. The molecule has 0 radical (unpaired) electrons. The molecule has 29 heavy (non-hydrogen) atoms. The van der Waals surface area contributed by atoms with Gasteiger partial charge in [-0.2, -0.15) is 18.3 Å². The van der Waals surface area contributed by atoms with Crippen LogP contribution >= 0.6 is 0 Å². The standard InChI is InChI=1S/C18H18F3N5O3/c19-18(20,21)9-26-14-2-1-11(7-13(14)22-17(26)28)16(27)23-15-8-12(24-25-15)10-3-5-29-6-4-10/h1-2,7-8,10H,3-6,9H2,(H,22,28)(H2,23,24,25,27). The van der Waals surface area contributed by atoms with Crippen LogP contribution in [-0.4, -0.2) is 45.0 Å². The number of alkyl halides is 3. The van der Waals surface area contributed by atoms with E-state index in [0.717, 1.165) is 18.5 Å². The molecule has 1 amide bonds. The molecular weight excluding hydrogens is 391 g/mol. The molecule has 2 aromatic heterocycles. The van der Waals surface area contributed by atoms with Crippen LogP contribution in [0.5, 0.6) is 0 Å². The summed E-state index contributed by atoms with van der Waals surface area (Å²) in [5.41, 5.74) is 0.437. The Morgan fingerprint density at radius 3 is 2.76 bits per heavy atom. The average Bonchev–Trinajstić information content (AvgIpc) is 3.26. The normalized spacial score (nSPS) is 15.7. The second-order valence-corrected chi connectivity index (χ2v) is 6.91. The fourth-order valence-electron chi connectivity index (χ4n) is 3.45. The van der Waals surface area contributed by atoms with E-state index in [2.05, 4.69) is 20.5 Å². The summed E-state index contributed by atoms with van der Waals surface area (Å²) in [6.07, 6.45) is -2.79. The molecule has 1 saturated heterocycles. The van der Waals surface area contributed by atoms with Crippen LogP contribution in [0.3, 0.4) is 0 Å². The quantitative estimate of drug-likeness (QED) is 0.616. The van der Waals surface area contributed by atoms with Crippen LogP contribution in [0.2, 0.25) is 0 Å². The maximum Gasteiger partial charge on any atom is 0.406 e. The lowest BCUT2D eigenvalue weighted by Crippen LogP contribution is -2.26. The maximum atomic E-state index is 12.7. The minimum Gasteiger partial charge on any atom is -0.381 e. The van der Waals surface area contributed by atoms with Gasteiger partial charge in [0, 0.05) is 36.5 Å². The number of aromatic nitrogens is 4. The van der Waals surface area contributed by atoms with Gasteiger partial charge in [-0.3, -0.25) is 14.5 Å². The lowest BCUT2D eigenvalue weighted by Gasteiger charge is -2.20. The molecule has 1 fully saturated rings. The van der Waals surface area contributed by atoms with Crippen molar-refractivity contribution in [3.05, 3.63) is 46.0 Å². The van der Waals surface area contributed by atoms with Gasteiger partial charge in [-0.1, -0.05) is 0 Å². The number of carbonyl (C=O) groups is 1. The Hall–Kier alpha value is -3.08. The van der Waals surface area contributed by atoms with Crippen LogP contribution in [0.1, 0.15) is 34.8 Å². The van der Waals surface area contributed by atoms with Gasteiger partial charge in [0.05, 0.1) is 11.0 Å². The largest absolute Gasteiger partial charge is 0.406 e. The van der Waals surface area contributed by atoms with E-state index in [9.17, 15) is 22.8 Å². The first-order chi connectivity index (χ1) is 13.8. The Labute approximate surface area is 162 Å². The van der Waals surface area contributed by atoms with Crippen molar-refractivity contribution >= 4 is 22.8 Å². The number of anilines is 1. The summed E-state index contributed by atoms with van der Waals surface area (Å²) in [7, 11) is 0. The molecule has 1 aliphatic rings. The Kier molecular flexibility index (Phi) is 4.91. The number of nitrogens with one attached hydrogen (secondary N) is 3. The van der Waals surface area contributed by atoms with Crippen molar-refractivity contribution in [2.75, 3.05) is 18.5 Å². The summed E-state index contributed by atoms with van der Waals surface area (Å²) in [6.45, 7) is -0.0468. The summed E-state index contributed by atoms with van der Waals surface area (Å²) < 4.78 is 43.9. The average molecular weight is 409 g/mol. The third kappa shape index (κ3) is 4.19. The van der Waals surface area contributed by atoms with Crippen molar-refractivity contribution in [3.8, 4) is 0 Å². The molecule has 3 heterocycles. The molecule has 0 spiro atoms. The van der Waals surface area contributed by atoms with Crippen LogP contribution in [0.25, 0.3) is 11.0 Å². The highest BCUT2D eigenvalue weighted by Crippen LogP contribution is 2.27. The molecule has 154 valence electrons. The number of hydrogen-bond acceptors (Lipinski definition) is 4. The molecule has 3 aromatic rings. The molecule has 3 N–H and O–H groups in total. The number of carbonyl (C=O) groups excluding carboxylic acids is 1. The summed E-state index contributed by atoms with van der Waals surface area (Å²) in [5, 5.41) is 9.66. The van der Waals surface area contributed by atoms with Crippen LogP contribution in [0, 0.1) is 0 Å². The first-order valence-electron chi connectivity index (χ1n) is 9.04. The van der Waals surface area contributed by atoms with Gasteiger partial charge in [-0.05, 0) is 31.0 Å². The summed E-state index contributed by atoms with van der Waals surface area (Å²) >= 11 is 0. The number of imidazole rings is 1. The number of benzene rings is 1. The molecule has 0 unspecified atom stereocenters. The lowest BCUT2D eigenvalue weighted by molar-refractivity contribution is -0.140. The maximum absolute atomic E-state index is 12.7. The number of amides is 1. The van der Waals surface area contributed by atoms with E-state index in [4.69, 9.17) is 4.74 Å². The van der Waals surface area contributed by atoms with Crippen LogP contribution < -0.4 is 11.0 Å². The van der Waals surface area contributed by atoms with Gasteiger partial charge in [0.25, 0.3) is 5.91 Å². The zero-order valence-corrected chi connectivity index (χ0v) is 15.2. The highest BCUT2D eigenvalue weighted by molar-refractivity contribution is 6.05. The van der Waals surface area contributed by atoms with E-state index in [1.165, 1.54) is 18.2 Å². The van der Waals surface area contributed by atoms with E-state index >= 15 is 0 Å². The Bertz CT molecular complexity index is 1090. The van der Waals surface area contributed by atoms with E-state index in [0.29, 0.717) is 23.6 Å². The third-order valence-electron chi connectivity index (χ3n) is 4.87. The first kappa shape index (κ1) is 19.2. The SMILES string of the molecule is O=C(Nc1cc(C2CCOCC2)[nH]n1)c1ccc2c(c1)[nH]c(=O)n2CC(F)(F)F. The van der Waals surface area contributed by atoms with Crippen molar-refractivity contribution in [3.63, 3.8) is 0 Å². The van der Waals surface area contributed by atoms with Gasteiger partial charge < -0.3 is 15.0 Å². The molecule has 1 aliphatic heterocycles. The minimum absolute atomic E-state index is 0.0745. The Morgan fingerprint density at radius 1 is 1.28 bits per heavy atom. The number of halogens is 3. The smallest absolute Gasteiger partial charge is 0.381 e. The molecule has 8 nitrogen and oxygen atoms in total. The number of aromatic amines is 2. The van der Waals surface area contributed by atoms with Gasteiger partial charge >= 0.3 is 11.9 Å². The Morgan fingerprint density at radius 2 is 2.03 bits per heavy atom. The summed E-state index contributed by atoms with van der Waals surface area (Å²) in [4.78, 5) is 26.7. The van der Waals surface area contributed by atoms with Crippen molar-refractivity contribution < 1.29 is 22.7 Å². The summed E-state index contributed by atoms with van der Waals surface area (Å²) in [5.74, 6) is 0.151. The second kappa shape index (κ2) is 7.39. The highest BCUT2D eigenvalue weighted by Gasteiger charge is 2.30. The monoisotopic (exact) mass is 409 g/mol. The van der Waals surface area contributed by atoms with Gasteiger partial charge in [0.1, 0.15) is 6.54 Å². The lowest BCUT2D eigenvalue weighted by atomic mass is 9.97. The van der Waals surface area contributed by atoms with E-state index in [1.807, 2.05) is 0 Å². The predicted octanol–water partition coefficient (Wildman–Crippen LogP) is 2.76. The van der Waals surface area contributed by atoms with E-state index in [-0.39, 0.29) is 22.5 Å². The molecule has 11 heteroatoms. The number of rotatable bonds is 4. The molecule has 0 saturated carbocycles. The topological polar surface area (TPSA) is 105 Å². The van der Waals surface area contributed by atoms with Crippen molar-refractivity contribution in [2.24, 2.45) is 0 Å². The number of H-pyrrole nitrogens is 2. The minimum atomic E-state index is -4.53. The zero-order chi connectivity index (χ0) is 20.6. The fourth-order valence-corrected chi connectivity index (χ4v) is 3.45. The highest BCUT2D eigenvalue weighted by atomic mass is 19.4. The fraction of sp³-hybridized carbons (Fsp3) is 0.389. The molecule has 0 bridgehead atoms. The van der Waals surface area contributed by atoms with Gasteiger partial charge in [-0.15, -0.1) is 0 Å². The molecule has 1 aromatic carbocycles. The van der Waals surface area contributed by atoms with Gasteiger partial charge in [0.15, 0.2) is 5.82 Å². The first-order valence-corrected chi connectivity index (χ1v) is 9.04. The van der Waals surface area contributed by atoms with Crippen LogP contribution in [0.15, 0.2) is 29.1 Å². The third-order valence-corrected chi connectivity index (χ3v) is 4.87. The zero-order valence-electron chi connectivity index (χ0n) is 15.2. The number of nitrogens with zero attached hydrogens (tertiary/aromatic N) is 2. The van der Waals surface area contributed by atoms with Gasteiger partial charge in [0.2, 0.25) is 0 Å². The molecular formula is C18H18F3N5O3.